The summed E-state index contributed by atoms with van der Waals surface area (Å²) < 4.78 is 0. The number of rotatable bonds is 5. The highest BCUT2D eigenvalue weighted by Gasteiger charge is 2.02. The van der Waals surface area contributed by atoms with Crippen LogP contribution in [-0.4, -0.2) is 22.9 Å². The van der Waals surface area contributed by atoms with Gasteiger partial charge in [0.05, 0.1) is 5.56 Å². The maximum absolute atomic E-state index is 10.6. The normalized spacial score (nSPS) is 12.4. The van der Waals surface area contributed by atoms with Crippen LogP contribution in [0.4, 0.5) is 0 Å². The smallest absolute Gasteiger partial charge is 0.335 e. The van der Waals surface area contributed by atoms with E-state index in [-0.39, 0.29) is 6.04 Å². The summed E-state index contributed by atoms with van der Waals surface area (Å²) in [6.45, 7) is 1.97. The Bertz CT molecular complexity index is 322. The number of aromatic carboxylic acids is 1. The zero-order valence-corrected chi connectivity index (χ0v) is 9.46. The molecule has 1 rings (SSSR count). The van der Waals surface area contributed by atoms with Crippen molar-refractivity contribution in [1.82, 2.24) is 0 Å². The minimum atomic E-state index is -0.884. The molecule has 1 atom stereocenters. The highest BCUT2D eigenvalue weighted by Crippen LogP contribution is 2.13. The van der Waals surface area contributed by atoms with Crippen molar-refractivity contribution in [2.45, 2.75) is 18.7 Å². The van der Waals surface area contributed by atoms with Gasteiger partial charge in [-0.3, -0.25) is 0 Å². The molecule has 0 fully saturated rings. The Kier molecular flexibility index (Phi) is 4.65. The van der Waals surface area contributed by atoms with Crippen molar-refractivity contribution < 1.29 is 9.90 Å². The van der Waals surface area contributed by atoms with Gasteiger partial charge in [0.2, 0.25) is 0 Å². The predicted octanol–water partition coefficient (Wildman–Crippen LogP) is 1.97. The first-order chi connectivity index (χ1) is 7.09. The standard InChI is InChI=1S/C11H15NO2S/c1-8(12)6-15-7-9-2-4-10(5-3-9)11(13)14/h2-5,8H,6-7,12H2,1H3,(H,13,14). The summed E-state index contributed by atoms with van der Waals surface area (Å²) in [6, 6.07) is 7.15. The third-order valence-electron chi connectivity index (χ3n) is 1.85. The molecule has 1 aromatic carbocycles. The Morgan fingerprint density at radius 3 is 2.53 bits per heavy atom. The minimum absolute atomic E-state index is 0.202. The number of hydrogen-bond donors (Lipinski definition) is 2. The summed E-state index contributed by atoms with van der Waals surface area (Å²) in [6.07, 6.45) is 0. The number of carboxylic acid groups (broad SMARTS) is 1. The van der Waals surface area contributed by atoms with E-state index < -0.39 is 5.97 Å². The number of hydrogen-bond acceptors (Lipinski definition) is 3. The predicted molar refractivity (Wildman–Crippen MR) is 63.2 cm³/mol. The van der Waals surface area contributed by atoms with Gasteiger partial charge in [-0.1, -0.05) is 12.1 Å². The van der Waals surface area contributed by atoms with E-state index >= 15 is 0 Å². The summed E-state index contributed by atoms with van der Waals surface area (Å²) in [5, 5.41) is 8.70. The molecule has 15 heavy (non-hydrogen) atoms. The Morgan fingerprint density at radius 2 is 2.07 bits per heavy atom. The van der Waals surface area contributed by atoms with Crippen LogP contribution in [-0.2, 0) is 5.75 Å². The van der Waals surface area contributed by atoms with Gasteiger partial charge < -0.3 is 10.8 Å². The Labute approximate surface area is 93.7 Å². The highest BCUT2D eigenvalue weighted by molar-refractivity contribution is 7.98. The van der Waals surface area contributed by atoms with E-state index in [9.17, 15) is 4.79 Å². The highest BCUT2D eigenvalue weighted by atomic mass is 32.2. The maximum atomic E-state index is 10.6. The SMILES string of the molecule is CC(N)CSCc1ccc(C(=O)O)cc1. The molecule has 3 N–H and O–H groups in total. The molecule has 0 spiro atoms. The van der Waals surface area contributed by atoms with Crippen molar-refractivity contribution >= 4 is 17.7 Å². The summed E-state index contributed by atoms with van der Waals surface area (Å²) in [7, 11) is 0. The molecule has 0 saturated heterocycles. The first-order valence-corrected chi connectivity index (χ1v) is 5.90. The molecule has 4 heteroatoms. The van der Waals surface area contributed by atoms with Crippen LogP contribution >= 0.6 is 11.8 Å². The second kappa shape index (κ2) is 5.78. The van der Waals surface area contributed by atoms with E-state index in [1.165, 1.54) is 0 Å². The molecule has 0 aromatic heterocycles. The molecule has 0 aliphatic heterocycles. The van der Waals surface area contributed by atoms with Crippen LogP contribution in [0.2, 0.25) is 0 Å². The molecule has 0 bridgehead atoms. The molecule has 1 unspecified atom stereocenters. The second-order valence-electron chi connectivity index (χ2n) is 3.49. The van der Waals surface area contributed by atoms with Gasteiger partial charge >= 0.3 is 5.97 Å². The van der Waals surface area contributed by atoms with Gasteiger partial charge in [-0.25, -0.2) is 4.79 Å². The van der Waals surface area contributed by atoms with E-state index in [0.717, 1.165) is 17.1 Å². The van der Waals surface area contributed by atoms with Crippen LogP contribution in [0.25, 0.3) is 0 Å². The zero-order chi connectivity index (χ0) is 11.3. The fourth-order valence-corrected chi connectivity index (χ4v) is 2.02. The van der Waals surface area contributed by atoms with E-state index in [4.69, 9.17) is 10.8 Å². The van der Waals surface area contributed by atoms with E-state index in [2.05, 4.69) is 0 Å². The third-order valence-corrected chi connectivity index (χ3v) is 3.15. The van der Waals surface area contributed by atoms with Crippen LogP contribution in [0, 0.1) is 0 Å². The van der Waals surface area contributed by atoms with Gasteiger partial charge in [0.25, 0.3) is 0 Å². The molecule has 0 radical (unpaired) electrons. The van der Waals surface area contributed by atoms with Gasteiger partial charge in [0.1, 0.15) is 0 Å². The van der Waals surface area contributed by atoms with Gasteiger partial charge in [-0.05, 0) is 24.6 Å². The van der Waals surface area contributed by atoms with Crippen molar-refractivity contribution in [2.75, 3.05) is 5.75 Å². The van der Waals surface area contributed by atoms with Crippen molar-refractivity contribution in [3.8, 4) is 0 Å². The van der Waals surface area contributed by atoms with Crippen molar-refractivity contribution in [2.24, 2.45) is 5.73 Å². The van der Waals surface area contributed by atoms with Gasteiger partial charge in [0, 0.05) is 17.5 Å². The lowest BCUT2D eigenvalue weighted by molar-refractivity contribution is 0.0697. The van der Waals surface area contributed by atoms with E-state index in [1.54, 1.807) is 23.9 Å². The Balaban J connectivity index is 2.46. The number of thioether (sulfide) groups is 1. The van der Waals surface area contributed by atoms with E-state index in [0.29, 0.717) is 5.56 Å². The fraction of sp³-hybridized carbons (Fsp3) is 0.364. The van der Waals surface area contributed by atoms with Crippen LogP contribution in [0.3, 0.4) is 0 Å². The summed E-state index contributed by atoms with van der Waals surface area (Å²) in [5.74, 6) is 0.909. The number of nitrogens with two attached hydrogens (primary N) is 1. The van der Waals surface area contributed by atoms with Gasteiger partial charge in [-0.2, -0.15) is 11.8 Å². The molecular formula is C11H15NO2S. The van der Waals surface area contributed by atoms with Crippen LogP contribution in [0.15, 0.2) is 24.3 Å². The Hall–Kier alpha value is -1.00. The average molecular weight is 225 g/mol. The number of carbonyl (C=O) groups is 1. The van der Waals surface area contributed by atoms with Crippen molar-refractivity contribution in [3.63, 3.8) is 0 Å². The molecule has 0 saturated carbocycles. The maximum Gasteiger partial charge on any atom is 0.335 e. The van der Waals surface area contributed by atoms with Crippen molar-refractivity contribution in [1.29, 1.82) is 0 Å². The third kappa shape index (κ3) is 4.36. The lowest BCUT2D eigenvalue weighted by Gasteiger charge is -2.04. The molecule has 0 aliphatic rings. The minimum Gasteiger partial charge on any atom is -0.478 e. The van der Waals surface area contributed by atoms with Crippen molar-refractivity contribution in [3.05, 3.63) is 35.4 Å². The lowest BCUT2D eigenvalue weighted by atomic mass is 10.1. The molecule has 3 nitrogen and oxygen atoms in total. The number of benzene rings is 1. The van der Waals surface area contributed by atoms with Gasteiger partial charge in [0.15, 0.2) is 0 Å². The largest absolute Gasteiger partial charge is 0.478 e. The zero-order valence-electron chi connectivity index (χ0n) is 8.64. The average Bonchev–Trinajstić information content (AvgIpc) is 2.18. The number of carboxylic acids is 1. The quantitative estimate of drug-likeness (QED) is 0.804. The first-order valence-electron chi connectivity index (χ1n) is 4.75. The second-order valence-corrected chi connectivity index (χ2v) is 4.52. The summed E-state index contributed by atoms with van der Waals surface area (Å²) >= 11 is 1.76. The van der Waals surface area contributed by atoms with Gasteiger partial charge in [-0.15, -0.1) is 0 Å². The van der Waals surface area contributed by atoms with Crippen LogP contribution < -0.4 is 5.73 Å². The van der Waals surface area contributed by atoms with Crippen LogP contribution in [0.1, 0.15) is 22.8 Å². The fourth-order valence-electron chi connectivity index (χ4n) is 1.11. The monoisotopic (exact) mass is 225 g/mol. The van der Waals surface area contributed by atoms with Crippen LogP contribution in [0.5, 0.6) is 0 Å². The topological polar surface area (TPSA) is 63.3 Å². The molecule has 82 valence electrons. The first kappa shape index (κ1) is 12.1. The van der Waals surface area contributed by atoms with E-state index in [1.807, 2.05) is 19.1 Å². The summed E-state index contributed by atoms with van der Waals surface area (Å²) in [5.41, 5.74) is 7.08. The molecule has 0 heterocycles. The lowest BCUT2D eigenvalue weighted by Crippen LogP contribution is -2.17. The molecular weight excluding hydrogens is 210 g/mol. The Morgan fingerprint density at radius 1 is 1.47 bits per heavy atom. The molecule has 0 aliphatic carbocycles. The molecule has 0 amide bonds. The molecule has 1 aromatic rings. The summed E-state index contributed by atoms with van der Waals surface area (Å²) in [4.78, 5) is 10.6.